The van der Waals surface area contributed by atoms with Gasteiger partial charge in [0, 0.05) is 25.8 Å². The van der Waals surface area contributed by atoms with Gasteiger partial charge in [-0.25, -0.2) is 9.37 Å². The Balaban J connectivity index is 1.57. The number of aromatic nitrogens is 1. The minimum Gasteiger partial charge on any atom is -0.441 e. The topological polar surface area (TPSA) is 55.6 Å². The first kappa shape index (κ1) is 18.6. The molecule has 140 valence electrons. The number of hydrogen-bond acceptors (Lipinski definition) is 4. The summed E-state index contributed by atoms with van der Waals surface area (Å²) < 4.78 is 24.4. The summed E-state index contributed by atoms with van der Waals surface area (Å²) in [5.41, 5.74) is 1.31. The lowest BCUT2D eigenvalue weighted by Crippen LogP contribution is -2.32. The third-order valence-electron chi connectivity index (χ3n) is 4.79. The molecule has 0 spiro atoms. The maximum atomic E-state index is 13.0. The van der Waals surface area contributed by atoms with Gasteiger partial charge in [-0.05, 0) is 56.9 Å². The summed E-state index contributed by atoms with van der Waals surface area (Å²) in [6.45, 7) is 3.29. The van der Waals surface area contributed by atoms with Gasteiger partial charge in [-0.2, -0.15) is 0 Å². The largest absolute Gasteiger partial charge is 0.441 e. The minimum atomic E-state index is -0.309. The first-order valence-corrected chi connectivity index (χ1v) is 9.10. The van der Waals surface area contributed by atoms with Crippen LogP contribution in [0.25, 0.3) is 11.5 Å². The summed E-state index contributed by atoms with van der Waals surface area (Å²) in [5.74, 6) is 0.712. The van der Waals surface area contributed by atoms with Crippen molar-refractivity contribution >= 4 is 5.91 Å². The van der Waals surface area contributed by atoms with E-state index in [0.29, 0.717) is 29.5 Å². The van der Waals surface area contributed by atoms with E-state index < -0.39 is 0 Å². The van der Waals surface area contributed by atoms with Crippen LogP contribution in [0.15, 0.2) is 28.7 Å². The van der Waals surface area contributed by atoms with Crippen molar-refractivity contribution in [2.45, 2.75) is 45.1 Å². The highest BCUT2D eigenvalue weighted by Crippen LogP contribution is 2.22. The zero-order valence-electron chi connectivity index (χ0n) is 15.3. The van der Waals surface area contributed by atoms with Gasteiger partial charge in [-0.1, -0.05) is 0 Å². The number of aryl methyl sites for hydroxylation is 1. The Hall–Kier alpha value is -2.21. The van der Waals surface area contributed by atoms with E-state index in [4.69, 9.17) is 9.15 Å². The lowest BCUT2D eigenvalue weighted by atomic mass is 10.1. The number of halogens is 1. The van der Waals surface area contributed by atoms with E-state index in [2.05, 4.69) is 4.98 Å². The predicted molar refractivity (Wildman–Crippen MR) is 96.2 cm³/mol. The van der Waals surface area contributed by atoms with E-state index in [0.717, 1.165) is 25.9 Å². The Morgan fingerprint density at radius 3 is 2.77 bits per heavy atom. The third-order valence-corrected chi connectivity index (χ3v) is 4.79. The molecular formula is C20H25FN2O3. The molecule has 0 aliphatic carbocycles. The summed E-state index contributed by atoms with van der Waals surface area (Å²) >= 11 is 0. The van der Waals surface area contributed by atoms with Crippen LogP contribution >= 0.6 is 0 Å². The maximum Gasteiger partial charge on any atom is 0.228 e. The lowest BCUT2D eigenvalue weighted by Gasteiger charge is -2.25. The monoisotopic (exact) mass is 360 g/mol. The first-order valence-electron chi connectivity index (χ1n) is 9.10. The highest BCUT2D eigenvalue weighted by molar-refractivity contribution is 5.78. The van der Waals surface area contributed by atoms with E-state index >= 15 is 0 Å². The molecule has 1 aromatic carbocycles. The third kappa shape index (κ3) is 4.69. The van der Waals surface area contributed by atoms with Gasteiger partial charge in [-0.15, -0.1) is 0 Å². The number of amides is 1. The molecule has 1 unspecified atom stereocenters. The Morgan fingerprint density at radius 1 is 1.31 bits per heavy atom. The van der Waals surface area contributed by atoms with Crippen LogP contribution in [0.2, 0.25) is 0 Å². The average Bonchev–Trinajstić information content (AvgIpc) is 3.01. The van der Waals surface area contributed by atoms with Crippen molar-refractivity contribution in [1.29, 1.82) is 0 Å². The van der Waals surface area contributed by atoms with Crippen LogP contribution in [0, 0.1) is 12.7 Å². The fraction of sp³-hybridized carbons (Fsp3) is 0.500. The van der Waals surface area contributed by atoms with Crippen LogP contribution in [0.5, 0.6) is 0 Å². The van der Waals surface area contributed by atoms with Crippen LogP contribution < -0.4 is 0 Å². The van der Waals surface area contributed by atoms with Crippen molar-refractivity contribution in [1.82, 2.24) is 9.88 Å². The summed E-state index contributed by atoms with van der Waals surface area (Å²) in [6, 6.07) is 5.95. The van der Waals surface area contributed by atoms with E-state index in [1.54, 1.807) is 24.0 Å². The SMILES string of the molecule is Cc1oc(-c2ccc(F)cc2)nc1CC(=O)N(C)CCC1CCCCO1. The summed E-state index contributed by atoms with van der Waals surface area (Å²) in [4.78, 5) is 18.6. The summed E-state index contributed by atoms with van der Waals surface area (Å²) in [7, 11) is 1.81. The van der Waals surface area contributed by atoms with Gasteiger partial charge in [0.1, 0.15) is 11.6 Å². The summed E-state index contributed by atoms with van der Waals surface area (Å²) in [5, 5.41) is 0. The van der Waals surface area contributed by atoms with Gasteiger partial charge in [0.2, 0.25) is 11.8 Å². The minimum absolute atomic E-state index is 0.00265. The van der Waals surface area contributed by atoms with Gasteiger partial charge in [0.05, 0.1) is 18.2 Å². The molecule has 5 nitrogen and oxygen atoms in total. The molecule has 0 bridgehead atoms. The molecule has 2 aromatic rings. The molecule has 0 N–H and O–H groups in total. The van der Waals surface area contributed by atoms with Crippen molar-refractivity contribution < 1.29 is 18.3 Å². The van der Waals surface area contributed by atoms with Gasteiger partial charge >= 0.3 is 0 Å². The zero-order valence-corrected chi connectivity index (χ0v) is 15.3. The Bertz CT molecular complexity index is 736. The van der Waals surface area contributed by atoms with Crippen LogP contribution in [-0.2, 0) is 16.0 Å². The number of oxazole rings is 1. The van der Waals surface area contributed by atoms with Crippen molar-refractivity contribution in [3.8, 4) is 11.5 Å². The number of rotatable bonds is 6. The van der Waals surface area contributed by atoms with Gasteiger partial charge in [0.15, 0.2) is 0 Å². The molecule has 3 rings (SSSR count). The number of benzene rings is 1. The molecule has 1 atom stereocenters. The van der Waals surface area contributed by atoms with E-state index in [-0.39, 0.29) is 24.2 Å². The molecule has 2 heterocycles. The summed E-state index contributed by atoms with van der Waals surface area (Å²) in [6.07, 6.45) is 4.72. The normalized spacial score (nSPS) is 17.3. The fourth-order valence-electron chi connectivity index (χ4n) is 3.08. The van der Waals surface area contributed by atoms with Gasteiger partial charge in [-0.3, -0.25) is 4.79 Å². The Kier molecular flexibility index (Phi) is 6.04. The molecule has 1 aliphatic rings. The second-order valence-electron chi connectivity index (χ2n) is 6.80. The van der Waals surface area contributed by atoms with Crippen LogP contribution in [0.4, 0.5) is 4.39 Å². The molecule has 1 fully saturated rings. The smallest absolute Gasteiger partial charge is 0.228 e. The van der Waals surface area contributed by atoms with Gasteiger partial charge < -0.3 is 14.1 Å². The number of hydrogen-bond donors (Lipinski definition) is 0. The second-order valence-corrected chi connectivity index (χ2v) is 6.80. The van der Waals surface area contributed by atoms with Crippen LogP contribution in [-0.4, -0.2) is 42.1 Å². The Labute approximate surface area is 153 Å². The lowest BCUT2D eigenvalue weighted by molar-refractivity contribution is -0.129. The molecular weight excluding hydrogens is 335 g/mol. The molecule has 0 saturated carbocycles. The van der Waals surface area contributed by atoms with Crippen molar-refractivity contribution in [3.63, 3.8) is 0 Å². The number of nitrogens with zero attached hydrogens (tertiary/aromatic N) is 2. The molecule has 1 aromatic heterocycles. The molecule has 26 heavy (non-hydrogen) atoms. The molecule has 1 amide bonds. The van der Waals surface area contributed by atoms with E-state index in [9.17, 15) is 9.18 Å². The van der Waals surface area contributed by atoms with E-state index in [1.165, 1.54) is 18.6 Å². The quantitative estimate of drug-likeness (QED) is 0.787. The van der Waals surface area contributed by atoms with Crippen LogP contribution in [0.1, 0.15) is 37.1 Å². The van der Waals surface area contributed by atoms with Gasteiger partial charge in [0.25, 0.3) is 0 Å². The highest BCUT2D eigenvalue weighted by atomic mass is 19.1. The molecule has 6 heteroatoms. The number of carbonyl (C=O) groups excluding carboxylic acids is 1. The maximum absolute atomic E-state index is 13.0. The molecule has 1 aliphatic heterocycles. The van der Waals surface area contributed by atoms with Crippen molar-refractivity contribution in [3.05, 3.63) is 41.5 Å². The zero-order chi connectivity index (χ0) is 18.5. The standard InChI is InChI=1S/C20H25FN2O3/c1-14-18(22-20(26-14)15-6-8-16(21)9-7-15)13-19(24)23(2)11-10-17-5-3-4-12-25-17/h6-9,17H,3-5,10-13H2,1-2H3. The fourth-order valence-corrected chi connectivity index (χ4v) is 3.08. The average molecular weight is 360 g/mol. The van der Waals surface area contributed by atoms with E-state index in [1.807, 2.05) is 7.05 Å². The molecule has 0 radical (unpaired) electrons. The number of ether oxygens (including phenoxy) is 1. The number of likely N-dealkylation sites (N-methyl/N-ethyl adjacent to an activating group) is 1. The Morgan fingerprint density at radius 2 is 2.08 bits per heavy atom. The molecule has 1 saturated heterocycles. The second kappa shape index (κ2) is 8.45. The highest BCUT2D eigenvalue weighted by Gasteiger charge is 2.19. The predicted octanol–water partition coefficient (Wildman–Crippen LogP) is 3.75. The van der Waals surface area contributed by atoms with Crippen molar-refractivity contribution in [2.75, 3.05) is 20.2 Å². The van der Waals surface area contributed by atoms with Crippen molar-refractivity contribution in [2.24, 2.45) is 0 Å². The van der Waals surface area contributed by atoms with Crippen LogP contribution in [0.3, 0.4) is 0 Å². The number of carbonyl (C=O) groups is 1. The first-order chi connectivity index (χ1) is 12.5.